The number of hydrogen-bond acceptors (Lipinski definition) is 5. The zero-order valence-corrected chi connectivity index (χ0v) is 16.0. The van der Waals surface area contributed by atoms with Gasteiger partial charge in [0.2, 0.25) is 6.41 Å². The zero-order valence-electron chi connectivity index (χ0n) is 15.2. The minimum absolute atomic E-state index is 0. The van der Waals surface area contributed by atoms with Crippen LogP contribution in [-0.4, -0.2) is 27.6 Å². The van der Waals surface area contributed by atoms with Crippen molar-refractivity contribution in [3.8, 4) is 0 Å². The highest BCUT2D eigenvalue weighted by Crippen LogP contribution is 2.31. The highest BCUT2D eigenvalue weighted by molar-refractivity contribution is 7.98. The number of imidazole rings is 1. The summed E-state index contributed by atoms with van der Waals surface area (Å²) < 4.78 is 0. The van der Waals surface area contributed by atoms with Gasteiger partial charge in [0.25, 0.3) is 0 Å². The topological polar surface area (TPSA) is 82.7 Å². The van der Waals surface area contributed by atoms with E-state index >= 15 is 0 Å². The molecule has 7 heteroatoms. The van der Waals surface area contributed by atoms with E-state index in [2.05, 4.69) is 32.5 Å². The van der Waals surface area contributed by atoms with Gasteiger partial charge in [-0.05, 0) is 31.2 Å². The molecule has 0 spiro atoms. The van der Waals surface area contributed by atoms with Crippen molar-refractivity contribution in [2.24, 2.45) is 5.92 Å². The second-order valence-corrected chi connectivity index (χ2v) is 7.19. The molecule has 1 aliphatic rings. The number of para-hydroxylation sites is 1. The molecule has 6 nitrogen and oxygen atoms in total. The number of anilines is 3. The Morgan fingerprint density at radius 2 is 1.93 bits per heavy atom. The molecule has 2 heterocycles. The molecular weight excluding hydrogens is 358 g/mol. The quantitative estimate of drug-likeness (QED) is 0.407. The minimum Gasteiger partial charge on any atom is -0.353 e. The number of amides is 1. The number of aromatic amines is 1. The van der Waals surface area contributed by atoms with Crippen molar-refractivity contribution in [1.82, 2.24) is 15.0 Å². The standard InChI is InChI=1S/C15H15N5OS.C4H8.CH4/c1-9-17-14-11(7-13(16-8-21)20-15(14)18-9)19-10-5-3-4-6-12(10)22-2;1-4-2-3-4;/h3-8H,1-2H3,(H3,16,17,18,19,20,21);4H,2-3H2,1H3;1H4. The van der Waals surface area contributed by atoms with Crippen molar-refractivity contribution in [3.05, 3.63) is 36.2 Å². The maximum atomic E-state index is 10.7. The van der Waals surface area contributed by atoms with E-state index in [-0.39, 0.29) is 7.43 Å². The average Bonchev–Trinajstić information content (AvgIpc) is 3.31. The molecule has 144 valence electrons. The molecular formula is C20H27N5OS. The lowest BCUT2D eigenvalue weighted by atomic mass is 10.2. The fraction of sp³-hybridized carbons (Fsp3) is 0.350. The molecule has 0 saturated heterocycles. The third kappa shape index (κ3) is 5.47. The number of carbonyl (C=O) groups is 1. The maximum Gasteiger partial charge on any atom is 0.212 e. The third-order valence-corrected chi connectivity index (χ3v) is 4.82. The molecule has 1 aromatic carbocycles. The largest absolute Gasteiger partial charge is 0.353 e. The molecule has 3 N–H and O–H groups in total. The monoisotopic (exact) mass is 385 g/mol. The molecule has 2 aromatic heterocycles. The first-order chi connectivity index (χ1) is 12.6. The van der Waals surface area contributed by atoms with Gasteiger partial charge in [0, 0.05) is 11.0 Å². The smallest absolute Gasteiger partial charge is 0.212 e. The number of rotatable bonds is 5. The van der Waals surface area contributed by atoms with Gasteiger partial charge in [0.1, 0.15) is 17.2 Å². The normalized spacial score (nSPS) is 12.6. The molecule has 1 amide bonds. The van der Waals surface area contributed by atoms with Gasteiger partial charge in [-0.15, -0.1) is 11.8 Å². The second-order valence-electron chi connectivity index (χ2n) is 6.35. The van der Waals surface area contributed by atoms with E-state index in [0.717, 1.165) is 33.5 Å². The number of fused-ring (bicyclic) bond motifs is 1. The first-order valence-electron chi connectivity index (χ1n) is 8.58. The van der Waals surface area contributed by atoms with E-state index in [1.54, 1.807) is 17.8 Å². The predicted molar refractivity (Wildman–Crippen MR) is 115 cm³/mol. The third-order valence-electron chi connectivity index (χ3n) is 4.03. The maximum absolute atomic E-state index is 10.7. The number of aromatic nitrogens is 3. The molecule has 1 aliphatic carbocycles. The van der Waals surface area contributed by atoms with Gasteiger partial charge in [-0.2, -0.15) is 0 Å². The number of benzene rings is 1. The minimum atomic E-state index is 0. The Balaban J connectivity index is 0.000000464. The van der Waals surface area contributed by atoms with Crippen molar-refractivity contribution >= 4 is 46.5 Å². The Morgan fingerprint density at radius 3 is 2.56 bits per heavy atom. The lowest BCUT2D eigenvalue weighted by Crippen LogP contribution is -2.00. The van der Waals surface area contributed by atoms with Crippen LogP contribution in [0.1, 0.15) is 33.0 Å². The predicted octanol–water partition coefficient (Wildman–Crippen LogP) is 5.35. The van der Waals surface area contributed by atoms with Crippen molar-refractivity contribution in [2.75, 3.05) is 16.9 Å². The number of H-pyrrole nitrogens is 1. The van der Waals surface area contributed by atoms with Crippen LogP contribution in [0.25, 0.3) is 11.2 Å². The lowest BCUT2D eigenvalue weighted by molar-refractivity contribution is -0.105. The van der Waals surface area contributed by atoms with Gasteiger partial charge in [-0.3, -0.25) is 4.79 Å². The zero-order chi connectivity index (χ0) is 18.5. The van der Waals surface area contributed by atoms with Gasteiger partial charge in [0.15, 0.2) is 5.65 Å². The summed E-state index contributed by atoms with van der Waals surface area (Å²) in [6.45, 7) is 4.15. The van der Waals surface area contributed by atoms with E-state index in [1.807, 2.05) is 37.4 Å². The van der Waals surface area contributed by atoms with E-state index in [0.29, 0.717) is 17.9 Å². The molecule has 1 fully saturated rings. The summed E-state index contributed by atoms with van der Waals surface area (Å²) in [6.07, 6.45) is 5.61. The molecule has 0 atom stereocenters. The van der Waals surface area contributed by atoms with E-state index in [1.165, 1.54) is 12.8 Å². The van der Waals surface area contributed by atoms with Gasteiger partial charge >= 0.3 is 0 Å². The number of pyridine rings is 1. The van der Waals surface area contributed by atoms with Crippen LogP contribution in [0.4, 0.5) is 17.2 Å². The summed E-state index contributed by atoms with van der Waals surface area (Å²) >= 11 is 1.66. The molecule has 0 aliphatic heterocycles. The first kappa shape index (κ1) is 20.8. The number of hydrogen-bond donors (Lipinski definition) is 3. The van der Waals surface area contributed by atoms with Crippen LogP contribution in [0.15, 0.2) is 35.2 Å². The number of thioether (sulfide) groups is 1. The van der Waals surface area contributed by atoms with Crippen LogP contribution in [0.5, 0.6) is 0 Å². The van der Waals surface area contributed by atoms with Crippen LogP contribution < -0.4 is 10.6 Å². The van der Waals surface area contributed by atoms with Crippen LogP contribution in [0, 0.1) is 12.8 Å². The van der Waals surface area contributed by atoms with E-state index < -0.39 is 0 Å². The molecule has 27 heavy (non-hydrogen) atoms. The van der Waals surface area contributed by atoms with E-state index in [4.69, 9.17) is 0 Å². The Kier molecular flexibility index (Phi) is 7.24. The summed E-state index contributed by atoms with van der Waals surface area (Å²) in [7, 11) is 0. The Labute approximate surface area is 164 Å². The van der Waals surface area contributed by atoms with Crippen molar-refractivity contribution < 1.29 is 4.79 Å². The molecule has 4 rings (SSSR count). The molecule has 0 unspecified atom stereocenters. The fourth-order valence-corrected chi connectivity index (χ4v) is 2.95. The fourth-order valence-electron chi connectivity index (χ4n) is 2.40. The number of carbonyl (C=O) groups excluding carboxylic acids is 1. The highest BCUT2D eigenvalue weighted by atomic mass is 32.2. The number of nitrogens with one attached hydrogen (secondary N) is 3. The van der Waals surface area contributed by atoms with Crippen LogP contribution in [-0.2, 0) is 4.79 Å². The summed E-state index contributed by atoms with van der Waals surface area (Å²) in [5, 5.41) is 5.96. The SMILES string of the molecule is C.CC1CC1.CSc1ccccc1Nc1cc(NC=O)nc2nc(C)[nH]c12. The van der Waals surface area contributed by atoms with Crippen molar-refractivity contribution in [1.29, 1.82) is 0 Å². The molecule has 1 saturated carbocycles. The van der Waals surface area contributed by atoms with Gasteiger partial charge < -0.3 is 15.6 Å². The van der Waals surface area contributed by atoms with Crippen LogP contribution >= 0.6 is 11.8 Å². The Morgan fingerprint density at radius 1 is 1.22 bits per heavy atom. The molecule has 0 bridgehead atoms. The highest BCUT2D eigenvalue weighted by Gasteiger charge is 2.13. The molecule has 0 radical (unpaired) electrons. The summed E-state index contributed by atoms with van der Waals surface area (Å²) in [5.74, 6) is 2.31. The summed E-state index contributed by atoms with van der Waals surface area (Å²) in [5.41, 5.74) is 3.18. The Hall–Kier alpha value is -2.54. The summed E-state index contributed by atoms with van der Waals surface area (Å²) in [6, 6.07) is 9.82. The van der Waals surface area contributed by atoms with Gasteiger partial charge in [0.05, 0.1) is 11.4 Å². The summed E-state index contributed by atoms with van der Waals surface area (Å²) in [4.78, 5) is 23.6. The Bertz CT molecular complexity index is 905. The lowest BCUT2D eigenvalue weighted by Gasteiger charge is -2.12. The van der Waals surface area contributed by atoms with E-state index in [9.17, 15) is 4.79 Å². The van der Waals surface area contributed by atoms with Gasteiger partial charge in [-0.25, -0.2) is 9.97 Å². The van der Waals surface area contributed by atoms with Crippen molar-refractivity contribution in [2.45, 2.75) is 39.0 Å². The average molecular weight is 386 g/mol. The second kappa shape index (κ2) is 9.41. The van der Waals surface area contributed by atoms with Gasteiger partial charge in [-0.1, -0.05) is 39.3 Å². The number of nitrogens with zero attached hydrogens (tertiary/aromatic N) is 2. The van der Waals surface area contributed by atoms with Crippen LogP contribution in [0.2, 0.25) is 0 Å². The molecule has 3 aromatic rings. The van der Waals surface area contributed by atoms with Crippen LogP contribution in [0.3, 0.4) is 0 Å². The number of aryl methyl sites for hydroxylation is 1. The first-order valence-corrected chi connectivity index (χ1v) is 9.80. The van der Waals surface area contributed by atoms with Crippen molar-refractivity contribution in [3.63, 3.8) is 0 Å².